The van der Waals surface area contributed by atoms with Gasteiger partial charge < -0.3 is 5.32 Å². The molecule has 1 saturated carbocycles. The van der Waals surface area contributed by atoms with Crippen LogP contribution in [-0.2, 0) is 0 Å². The van der Waals surface area contributed by atoms with Crippen LogP contribution in [0.4, 0.5) is 0 Å². The molecule has 0 spiro atoms. The Balaban J connectivity index is 2.00. The first-order chi connectivity index (χ1) is 7.58. The van der Waals surface area contributed by atoms with Gasteiger partial charge in [0.1, 0.15) is 0 Å². The zero-order chi connectivity index (χ0) is 12.0. The molecule has 0 aromatic rings. The van der Waals surface area contributed by atoms with Gasteiger partial charge in [0.2, 0.25) is 0 Å². The van der Waals surface area contributed by atoms with Crippen molar-refractivity contribution in [2.75, 3.05) is 0 Å². The van der Waals surface area contributed by atoms with Crippen LogP contribution < -0.4 is 5.32 Å². The Morgan fingerprint density at radius 2 is 1.69 bits per heavy atom. The highest BCUT2D eigenvalue weighted by atomic mass is 14.9. The van der Waals surface area contributed by atoms with Crippen molar-refractivity contribution in [3.05, 3.63) is 0 Å². The Morgan fingerprint density at radius 3 is 2.19 bits per heavy atom. The summed E-state index contributed by atoms with van der Waals surface area (Å²) >= 11 is 0. The first-order valence-corrected chi connectivity index (χ1v) is 7.34. The molecular weight excluding hydrogens is 194 g/mol. The fourth-order valence-corrected chi connectivity index (χ4v) is 2.70. The summed E-state index contributed by atoms with van der Waals surface area (Å²) in [5.74, 6) is 1.89. The summed E-state index contributed by atoms with van der Waals surface area (Å²) in [6.07, 6.45) is 9.93. The van der Waals surface area contributed by atoms with Crippen molar-refractivity contribution < 1.29 is 0 Å². The van der Waals surface area contributed by atoms with Crippen LogP contribution in [0.2, 0.25) is 0 Å². The smallest absolute Gasteiger partial charge is 0.00438 e. The van der Waals surface area contributed by atoms with Gasteiger partial charge in [-0.3, -0.25) is 0 Å². The van der Waals surface area contributed by atoms with Crippen molar-refractivity contribution in [1.29, 1.82) is 0 Å². The van der Waals surface area contributed by atoms with Crippen molar-refractivity contribution in [3.63, 3.8) is 0 Å². The van der Waals surface area contributed by atoms with E-state index in [0.29, 0.717) is 6.04 Å². The molecule has 0 aromatic carbocycles. The Bertz CT molecular complexity index is 172. The van der Waals surface area contributed by atoms with Crippen molar-refractivity contribution in [1.82, 2.24) is 5.32 Å². The fraction of sp³-hybridized carbons (Fsp3) is 1.00. The maximum atomic E-state index is 3.75. The van der Waals surface area contributed by atoms with Gasteiger partial charge in [0, 0.05) is 12.1 Å². The van der Waals surface area contributed by atoms with Gasteiger partial charge in [-0.15, -0.1) is 0 Å². The zero-order valence-corrected chi connectivity index (χ0v) is 11.8. The van der Waals surface area contributed by atoms with E-state index in [4.69, 9.17) is 0 Å². The molecule has 0 heterocycles. The van der Waals surface area contributed by atoms with Gasteiger partial charge in [0.05, 0.1) is 0 Å². The molecule has 1 fully saturated rings. The molecular formula is C15H31N. The molecule has 16 heavy (non-hydrogen) atoms. The lowest BCUT2D eigenvalue weighted by Gasteiger charge is -2.30. The summed E-state index contributed by atoms with van der Waals surface area (Å²) in [6, 6.07) is 1.42. The SMILES string of the molecule is CC(C)CCCC(C)NC(C)CC1CCC1. The van der Waals surface area contributed by atoms with E-state index >= 15 is 0 Å². The molecule has 0 saturated heterocycles. The lowest BCUT2D eigenvalue weighted by molar-refractivity contribution is 0.256. The highest BCUT2D eigenvalue weighted by Crippen LogP contribution is 2.30. The number of rotatable bonds is 8. The molecule has 1 N–H and O–H groups in total. The Hall–Kier alpha value is -0.0400. The van der Waals surface area contributed by atoms with E-state index in [2.05, 4.69) is 33.0 Å². The maximum Gasteiger partial charge on any atom is 0.00438 e. The van der Waals surface area contributed by atoms with Gasteiger partial charge in [-0.2, -0.15) is 0 Å². The lowest BCUT2D eigenvalue weighted by Crippen LogP contribution is -2.36. The second-order valence-electron chi connectivity index (χ2n) is 6.33. The van der Waals surface area contributed by atoms with E-state index in [1.54, 1.807) is 0 Å². The second-order valence-corrected chi connectivity index (χ2v) is 6.33. The van der Waals surface area contributed by atoms with Crippen LogP contribution in [0.3, 0.4) is 0 Å². The van der Waals surface area contributed by atoms with Crippen LogP contribution in [0.1, 0.15) is 72.6 Å². The van der Waals surface area contributed by atoms with Crippen LogP contribution >= 0.6 is 0 Å². The summed E-state index contributed by atoms with van der Waals surface area (Å²) in [4.78, 5) is 0. The van der Waals surface area contributed by atoms with Crippen molar-refractivity contribution in [2.45, 2.75) is 84.7 Å². The Labute approximate surface area is 102 Å². The molecule has 1 aliphatic carbocycles. The van der Waals surface area contributed by atoms with Crippen LogP contribution in [-0.4, -0.2) is 12.1 Å². The Morgan fingerprint density at radius 1 is 1.00 bits per heavy atom. The molecule has 1 nitrogen and oxygen atoms in total. The van der Waals surface area contributed by atoms with Gasteiger partial charge >= 0.3 is 0 Å². The normalized spacial score (nSPS) is 20.8. The quantitative estimate of drug-likeness (QED) is 0.647. The highest BCUT2D eigenvalue weighted by molar-refractivity contribution is 4.76. The highest BCUT2D eigenvalue weighted by Gasteiger charge is 2.20. The van der Waals surface area contributed by atoms with Crippen LogP contribution in [0, 0.1) is 11.8 Å². The lowest BCUT2D eigenvalue weighted by atomic mass is 9.81. The summed E-state index contributed by atoms with van der Waals surface area (Å²) in [5, 5.41) is 3.75. The molecule has 1 aliphatic rings. The molecule has 1 heteroatoms. The number of hydrogen-bond donors (Lipinski definition) is 1. The molecule has 2 unspecified atom stereocenters. The van der Waals surface area contributed by atoms with Gasteiger partial charge in [-0.25, -0.2) is 0 Å². The topological polar surface area (TPSA) is 12.0 Å². The first kappa shape index (κ1) is 14.0. The maximum absolute atomic E-state index is 3.75. The number of nitrogens with one attached hydrogen (secondary N) is 1. The molecule has 0 aromatic heterocycles. The van der Waals surface area contributed by atoms with Crippen LogP contribution in [0.25, 0.3) is 0 Å². The van der Waals surface area contributed by atoms with Crippen molar-refractivity contribution in [3.8, 4) is 0 Å². The van der Waals surface area contributed by atoms with Crippen LogP contribution in [0.5, 0.6) is 0 Å². The third-order valence-electron chi connectivity index (χ3n) is 3.90. The Kier molecular flexibility index (Phi) is 6.41. The summed E-state index contributed by atoms with van der Waals surface area (Å²) in [6.45, 7) is 9.34. The predicted octanol–water partition coefficient (Wildman–Crippen LogP) is 4.37. The third-order valence-corrected chi connectivity index (χ3v) is 3.90. The van der Waals surface area contributed by atoms with E-state index in [1.165, 1.54) is 44.9 Å². The van der Waals surface area contributed by atoms with Gasteiger partial charge in [0.15, 0.2) is 0 Å². The first-order valence-electron chi connectivity index (χ1n) is 7.34. The average Bonchev–Trinajstić information content (AvgIpc) is 2.10. The summed E-state index contributed by atoms with van der Waals surface area (Å²) in [7, 11) is 0. The van der Waals surface area contributed by atoms with Crippen molar-refractivity contribution >= 4 is 0 Å². The standard InChI is InChI=1S/C15H31N/c1-12(2)7-5-8-13(3)16-14(4)11-15-9-6-10-15/h12-16H,5-11H2,1-4H3. The molecule has 0 radical (unpaired) electrons. The van der Waals surface area contributed by atoms with Crippen molar-refractivity contribution in [2.24, 2.45) is 11.8 Å². The summed E-state index contributed by atoms with van der Waals surface area (Å²) < 4.78 is 0. The molecule has 96 valence electrons. The minimum Gasteiger partial charge on any atom is -0.312 e. The molecule has 1 rings (SSSR count). The van der Waals surface area contributed by atoms with Gasteiger partial charge in [0.25, 0.3) is 0 Å². The average molecular weight is 225 g/mol. The zero-order valence-electron chi connectivity index (χ0n) is 11.8. The summed E-state index contributed by atoms with van der Waals surface area (Å²) in [5.41, 5.74) is 0. The predicted molar refractivity (Wildman–Crippen MR) is 72.7 cm³/mol. The molecule has 0 aliphatic heterocycles. The van der Waals surface area contributed by atoms with E-state index in [9.17, 15) is 0 Å². The monoisotopic (exact) mass is 225 g/mol. The minimum absolute atomic E-state index is 0.703. The van der Waals surface area contributed by atoms with Gasteiger partial charge in [-0.05, 0) is 38.5 Å². The van der Waals surface area contributed by atoms with E-state index in [0.717, 1.165) is 17.9 Å². The van der Waals surface area contributed by atoms with E-state index < -0.39 is 0 Å². The largest absolute Gasteiger partial charge is 0.312 e. The molecule has 2 atom stereocenters. The molecule has 0 amide bonds. The number of hydrogen-bond acceptors (Lipinski definition) is 1. The van der Waals surface area contributed by atoms with Crippen LogP contribution in [0.15, 0.2) is 0 Å². The minimum atomic E-state index is 0.703. The van der Waals surface area contributed by atoms with E-state index in [1.807, 2.05) is 0 Å². The van der Waals surface area contributed by atoms with E-state index in [-0.39, 0.29) is 0 Å². The second kappa shape index (κ2) is 7.32. The van der Waals surface area contributed by atoms with Gasteiger partial charge in [-0.1, -0.05) is 46.0 Å². The molecule has 0 bridgehead atoms. The fourth-order valence-electron chi connectivity index (χ4n) is 2.70. The third kappa shape index (κ3) is 5.89.